The fourth-order valence-corrected chi connectivity index (χ4v) is 0.507. The fourth-order valence-electron chi connectivity index (χ4n) is 0.371. The topological polar surface area (TPSA) is 0 Å². The van der Waals surface area contributed by atoms with Crippen LogP contribution < -0.4 is 0 Å². The maximum absolute atomic E-state index is 5.48. The first kappa shape index (κ1) is 8.03. The van der Waals surface area contributed by atoms with E-state index in [2.05, 4.69) is 6.07 Å². The molecule has 0 atom stereocenters. The normalized spacial score (nSPS) is 7.62. The van der Waals surface area contributed by atoms with Crippen LogP contribution in [0.3, 0.4) is 0 Å². The maximum atomic E-state index is 5.48. The van der Waals surface area contributed by atoms with E-state index in [9.17, 15) is 0 Å². The van der Waals surface area contributed by atoms with Crippen LogP contribution in [0, 0.1) is 6.07 Å². The van der Waals surface area contributed by atoms with Crippen LogP contribution >= 0.6 is 11.6 Å². The third-order valence-electron chi connectivity index (χ3n) is 0.671. The van der Waals surface area contributed by atoms with Gasteiger partial charge < -0.3 is 0 Å². The SMILES string of the molecule is Clc1[c-]cccc1.[Cu+]. The van der Waals surface area contributed by atoms with Crippen LogP contribution in [0.4, 0.5) is 0 Å². The van der Waals surface area contributed by atoms with Crippen molar-refractivity contribution in [3.05, 3.63) is 35.4 Å². The van der Waals surface area contributed by atoms with Gasteiger partial charge in [-0.25, -0.2) is 0 Å². The summed E-state index contributed by atoms with van der Waals surface area (Å²) in [5.74, 6) is 0. The van der Waals surface area contributed by atoms with Gasteiger partial charge in [-0.1, -0.05) is 5.02 Å². The average Bonchev–Trinajstić information content (AvgIpc) is 1.69. The first-order valence-corrected chi connectivity index (χ1v) is 2.39. The summed E-state index contributed by atoms with van der Waals surface area (Å²) in [6.07, 6.45) is 0. The van der Waals surface area contributed by atoms with Crippen molar-refractivity contribution >= 4 is 11.6 Å². The van der Waals surface area contributed by atoms with Gasteiger partial charge in [-0.05, 0) is 0 Å². The van der Waals surface area contributed by atoms with E-state index >= 15 is 0 Å². The fraction of sp³-hybridized carbons (Fsp3) is 0. The molecule has 0 radical (unpaired) electrons. The zero-order valence-corrected chi connectivity index (χ0v) is 5.69. The summed E-state index contributed by atoms with van der Waals surface area (Å²) < 4.78 is 0. The summed E-state index contributed by atoms with van der Waals surface area (Å²) in [6.45, 7) is 0. The Morgan fingerprint density at radius 2 is 2.12 bits per heavy atom. The Hall–Kier alpha value is 0.0295. The second-order valence-electron chi connectivity index (χ2n) is 1.21. The van der Waals surface area contributed by atoms with Crippen molar-refractivity contribution in [2.24, 2.45) is 0 Å². The molecule has 0 amide bonds. The van der Waals surface area contributed by atoms with E-state index in [1.165, 1.54) is 0 Å². The van der Waals surface area contributed by atoms with Gasteiger partial charge in [0.05, 0.1) is 0 Å². The van der Waals surface area contributed by atoms with Crippen LogP contribution in [0.5, 0.6) is 0 Å². The van der Waals surface area contributed by atoms with E-state index in [0.717, 1.165) is 0 Å². The molecule has 0 spiro atoms. The first-order chi connectivity index (χ1) is 3.39. The molecule has 2 heteroatoms. The van der Waals surface area contributed by atoms with E-state index in [1.54, 1.807) is 12.1 Å². The van der Waals surface area contributed by atoms with E-state index in [4.69, 9.17) is 11.6 Å². The Morgan fingerprint density at radius 1 is 1.38 bits per heavy atom. The Balaban J connectivity index is 0.000000490. The third kappa shape index (κ3) is 2.37. The number of hydrogen-bond acceptors (Lipinski definition) is 0. The Kier molecular flexibility index (Phi) is 3.98. The molecule has 8 heavy (non-hydrogen) atoms. The van der Waals surface area contributed by atoms with Crippen molar-refractivity contribution in [3.63, 3.8) is 0 Å². The summed E-state index contributed by atoms with van der Waals surface area (Å²) in [6, 6.07) is 10.1. The monoisotopic (exact) mass is 174 g/mol. The van der Waals surface area contributed by atoms with Crippen molar-refractivity contribution in [1.82, 2.24) is 0 Å². The molecule has 0 heterocycles. The minimum atomic E-state index is 0. The van der Waals surface area contributed by atoms with Crippen LogP contribution in [0.15, 0.2) is 24.3 Å². The number of rotatable bonds is 0. The van der Waals surface area contributed by atoms with Crippen molar-refractivity contribution in [2.45, 2.75) is 0 Å². The quantitative estimate of drug-likeness (QED) is 0.418. The summed E-state index contributed by atoms with van der Waals surface area (Å²) in [5, 5.41) is 0.669. The first-order valence-electron chi connectivity index (χ1n) is 2.02. The van der Waals surface area contributed by atoms with Gasteiger partial charge >= 0.3 is 17.1 Å². The largest absolute Gasteiger partial charge is 1.00 e. The molecule has 1 aromatic carbocycles. The summed E-state index contributed by atoms with van der Waals surface area (Å²) in [5.41, 5.74) is 0. The minimum absolute atomic E-state index is 0. The van der Waals surface area contributed by atoms with Crippen LogP contribution in [-0.2, 0) is 17.1 Å². The molecule has 0 unspecified atom stereocenters. The second kappa shape index (κ2) is 3.96. The number of halogens is 1. The number of hydrogen-bond donors (Lipinski definition) is 0. The predicted octanol–water partition coefficient (Wildman–Crippen LogP) is 2.14. The molecule has 0 saturated heterocycles. The van der Waals surface area contributed by atoms with Crippen molar-refractivity contribution in [2.75, 3.05) is 0 Å². The van der Waals surface area contributed by atoms with Crippen molar-refractivity contribution in [1.29, 1.82) is 0 Å². The van der Waals surface area contributed by atoms with Gasteiger partial charge in [0.2, 0.25) is 0 Å². The second-order valence-corrected chi connectivity index (χ2v) is 1.62. The summed E-state index contributed by atoms with van der Waals surface area (Å²) in [7, 11) is 0. The Bertz CT molecular complexity index is 138. The van der Waals surface area contributed by atoms with Gasteiger partial charge in [-0.3, -0.25) is 0 Å². The molecular weight excluding hydrogens is 171 g/mol. The molecule has 0 fully saturated rings. The molecular formula is C6H4ClCu. The Morgan fingerprint density at radius 3 is 2.38 bits per heavy atom. The number of benzene rings is 1. The van der Waals surface area contributed by atoms with Gasteiger partial charge in [-0.15, -0.1) is 11.6 Å². The van der Waals surface area contributed by atoms with Crippen LogP contribution in [-0.4, -0.2) is 0 Å². The zero-order valence-electron chi connectivity index (χ0n) is 3.99. The Labute approximate surface area is 64.3 Å². The van der Waals surface area contributed by atoms with Gasteiger partial charge in [0.15, 0.2) is 0 Å². The van der Waals surface area contributed by atoms with Gasteiger partial charge in [0, 0.05) is 0 Å². The molecule has 0 N–H and O–H groups in total. The van der Waals surface area contributed by atoms with Crippen molar-refractivity contribution in [3.8, 4) is 0 Å². The van der Waals surface area contributed by atoms with E-state index in [1.807, 2.05) is 12.1 Å². The maximum Gasteiger partial charge on any atom is 1.00 e. The molecule has 0 aliphatic rings. The molecule has 1 aromatic rings. The van der Waals surface area contributed by atoms with Gasteiger partial charge in [0.25, 0.3) is 0 Å². The standard InChI is InChI=1S/C6H4Cl.Cu/c7-6-4-2-1-3-5-6;/h1-4H;/q-1;+1. The third-order valence-corrected chi connectivity index (χ3v) is 0.906. The molecule has 0 aromatic heterocycles. The predicted molar refractivity (Wildman–Crippen MR) is 30.3 cm³/mol. The smallest absolute Gasteiger partial charge is 0.176 e. The summed E-state index contributed by atoms with van der Waals surface area (Å²) in [4.78, 5) is 0. The van der Waals surface area contributed by atoms with Crippen LogP contribution in [0.1, 0.15) is 0 Å². The molecule has 0 aliphatic carbocycles. The van der Waals surface area contributed by atoms with E-state index in [-0.39, 0.29) is 17.1 Å². The van der Waals surface area contributed by atoms with E-state index in [0.29, 0.717) is 5.02 Å². The average molecular weight is 175 g/mol. The molecule has 0 bridgehead atoms. The zero-order chi connectivity index (χ0) is 5.11. The molecule has 1 rings (SSSR count). The minimum Gasteiger partial charge on any atom is -0.176 e. The van der Waals surface area contributed by atoms with Crippen LogP contribution in [0.2, 0.25) is 5.02 Å². The van der Waals surface area contributed by atoms with Crippen LogP contribution in [0.25, 0.3) is 0 Å². The molecule has 46 valence electrons. The van der Waals surface area contributed by atoms with Crippen molar-refractivity contribution < 1.29 is 17.1 Å². The molecule has 0 saturated carbocycles. The molecule has 0 nitrogen and oxygen atoms in total. The van der Waals surface area contributed by atoms with Gasteiger partial charge in [-0.2, -0.15) is 30.3 Å². The van der Waals surface area contributed by atoms with Gasteiger partial charge in [0.1, 0.15) is 0 Å². The van der Waals surface area contributed by atoms with E-state index < -0.39 is 0 Å². The summed E-state index contributed by atoms with van der Waals surface area (Å²) >= 11 is 5.48. The molecule has 0 aliphatic heterocycles.